The molecule has 0 aliphatic carbocycles. The minimum atomic E-state index is -4.46. The standard InChI is InChI=1S/C8H11O4P/c1-3-5-7-8(6-4-2)12-13(9,10)11/h1-2,8H,5-7H2,(H2,9,10,11). The van der Waals surface area contributed by atoms with Crippen LogP contribution < -0.4 is 0 Å². The van der Waals surface area contributed by atoms with Crippen molar-refractivity contribution in [1.82, 2.24) is 0 Å². The van der Waals surface area contributed by atoms with Gasteiger partial charge in [0, 0.05) is 12.8 Å². The van der Waals surface area contributed by atoms with E-state index >= 15 is 0 Å². The van der Waals surface area contributed by atoms with Crippen LogP contribution in [0.4, 0.5) is 0 Å². The average molecular weight is 202 g/mol. The third-order valence-corrected chi connectivity index (χ3v) is 1.82. The van der Waals surface area contributed by atoms with Crippen LogP contribution in [0.3, 0.4) is 0 Å². The van der Waals surface area contributed by atoms with Crippen LogP contribution in [-0.2, 0) is 9.09 Å². The second-order valence-electron chi connectivity index (χ2n) is 2.37. The lowest BCUT2D eigenvalue weighted by Crippen LogP contribution is -2.10. The van der Waals surface area contributed by atoms with Gasteiger partial charge in [0.15, 0.2) is 0 Å². The quantitative estimate of drug-likeness (QED) is 0.513. The van der Waals surface area contributed by atoms with Crippen molar-refractivity contribution in [3.63, 3.8) is 0 Å². The van der Waals surface area contributed by atoms with Gasteiger partial charge < -0.3 is 9.79 Å². The Balaban J connectivity index is 4.05. The van der Waals surface area contributed by atoms with Crippen molar-refractivity contribution in [3.8, 4) is 24.7 Å². The molecule has 1 atom stereocenters. The largest absolute Gasteiger partial charge is 0.469 e. The number of phosphoric acid groups is 1. The summed E-state index contributed by atoms with van der Waals surface area (Å²) in [6.07, 6.45) is 10.2. The van der Waals surface area contributed by atoms with E-state index in [1.165, 1.54) is 0 Å². The Hall–Kier alpha value is -0.770. The molecule has 2 N–H and O–H groups in total. The summed E-state index contributed by atoms with van der Waals surface area (Å²) in [5.41, 5.74) is 0. The normalized spacial score (nSPS) is 12.9. The summed E-state index contributed by atoms with van der Waals surface area (Å²) in [6, 6.07) is 0. The van der Waals surface area contributed by atoms with Gasteiger partial charge in [-0.2, -0.15) is 0 Å². The second kappa shape index (κ2) is 5.80. The highest BCUT2D eigenvalue weighted by Crippen LogP contribution is 2.39. The summed E-state index contributed by atoms with van der Waals surface area (Å²) >= 11 is 0. The van der Waals surface area contributed by atoms with Crippen molar-refractivity contribution < 1.29 is 18.9 Å². The molecular formula is C8H11O4P. The Labute approximate surface area is 77.5 Å². The van der Waals surface area contributed by atoms with E-state index in [9.17, 15) is 4.57 Å². The van der Waals surface area contributed by atoms with Crippen LogP contribution in [0.2, 0.25) is 0 Å². The van der Waals surface area contributed by atoms with Gasteiger partial charge in [-0.25, -0.2) is 4.57 Å². The zero-order chi connectivity index (χ0) is 10.3. The first kappa shape index (κ1) is 12.2. The maximum atomic E-state index is 10.4. The van der Waals surface area contributed by atoms with Crippen molar-refractivity contribution in [1.29, 1.82) is 0 Å². The fraction of sp³-hybridized carbons (Fsp3) is 0.500. The van der Waals surface area contributed by atoms with Gasteiger partial charge in [-0.1, -0.05) is 0 Å². The van der Waals surface area contributed by atoms with Crippen molar-refractivity contribution in [2.24, 2.45) is 0 Å². The molecule has 72 valence electrons. The molecule has 0 radical (unpaired) electrons. The van der Waals surface area contributed by atoms with Gasteiger partial charge in [-0.15, -0.1) is 24.7 Å². The van der Waals surface area contributed by atoms with Crippen molar-refractivity contribution in [3.05, 3.63) is 0 Å². The van der Waals surface area contributed by atoms with Crippen LogP contribution in [0, 0.1) is 24.7 Å². The van der Waals surface area contributed by atoms with Crippen LogP contribution in [0.5, 0.6) is 0 Å². The predicted octanol–water partition coefficient (Wildman–Crippen LogP) is 0.901. The minimum absolute atomic E-state index is 0.146. The van der Waals surface area contributed by atoms with Crippen LogP contribution in [-0.4, -0.2) is 15.9 Å². The Kier molecular flexibility index (Phi) is 5.46. The van der Waals surface area contributed by atoms with E-state index in [0.717, 1.165) is 0 Å². The van der Waals surface area contributed by atoms with E-state index in [4.69, 9.17) is 22.6 Å². The number of rotatable bonds is 5. The summed E-state index contributed by atoms with van der Waals surface area (Å²) in [7, 11) is -4.46. The Bertz CT molecular complexity index is 267. The predicted molar refractivity (Wildman–Crippen MR) is 48.4 cm³/mol. The lowest BCUT2D eigenvalue weighted by atomic mass is 10.1. The first-order valence-corrected chi connectivity index (χ1v) is 5.13. The third kappa shape index (κ3) is 7.59. The molecule has 0 aliphatic rings. The first-order valence-electron chi connectivity index (χ1n) is 3.60. The van der Waals surface area contributed by atoms with Crippen molar-refractivity contribution in [2.45, 2.75) is 25.4 Å². The molecule has 4 nitrogen and oxygen atoms in total. The first-order chi connectivity index (χ1) is 5.99. The summed E-state index contributed by atoms with van der Waals surface area (Å²) < 4.78 is 14.8. The monoisotopic (exact) mass is 202 g/mol. The molecule has 0 aromatic rings. The van der Waals surface area contributed by atoms with Crippen LogP contribution in [0.25, 0.3) is 0 Å². The zero-order valence-corrected chi connectivity index (χ0v) is 7.91. The van der Waals surface area contributed by atoms with E-state index in [1.807, 2.05) is 0 Å². The molecule has 0 aromatic carbocycles. The van der Waals surface area contributed by atoms with E-state index < -0.39 is 13.9 Å². The molecule has 0 bridgehead atoms. The summed E-state index contributed by atoms with van der Waals surface area (Å²) in [6.45, 7) is 0. The van der Waals surface area contributed by atoms with Gasteiger partial charge in [0.2, 0.25) is 0 Å². The average Bonchev–Trinajstić information content (AvgIpc) is 1.98. The number of phosphoric ester groups is 1. The number of hydrogen-bond donors (Lipinski definition) is 2. The second-order valence-corrected chi connectivity index (χ2v) is 3.56. The molecule has 0 saturated heterocycles. The summed E-state index contributed by atoms with van der Waals surface area (Å²) in [5, 5.41) is 0. The molecule has 5 heteroatoms. The molecule has 0 aliphatic heterocycles. The maximum Gasteiger partial charge on any atom is 0.469 e. The summed E-state index contributed by atoms with van der Waals surface area (Å²) in [5.74, 6) is 4.60. The van der Waals surface area contributed by atoms with Gasteiger partial charge in [0.1, 0.15) is 0 Å². The Morgan fingerprint density at radius 1 is 1.38 bits per heavy atom. The van der Waals surface area contributed by atoms with Gasteiger partial charge in [-0.05, 0) is 6.42 Å². The topological polar surface area (TPSA) is 66.8 Å². The molecule has 0 rings (SSSR count). The highest BCUT2D eigenvalue weighted by molar-refractivity contribution is 7.46. The number of hydrogen-bond acceptors (Lipinski definition) is 2. The van der Waals surface area contributed by atoms with Gasteiger partial charge in [-0.3, -0.25) is 4.52 Å². The molecule has 0 fully saturated rings. The van der Waals surface area contributed by atoms with E-state index in [2.05, 4.69) is 16.4 Å². The molecule has 0 heterocycles. The molecule has 1 unspecified atom stereocenters. The van der Waals surface area contributed by atoms with Crippen LogP contribution >= 0.6 is 7.82 Å². The molecule has 0 aromatic heterocycles. The highest BCUT2D eigenvalue weighted by Gasteiger charge is 2.20. The third-order valence-electron chi connectivity index (χ3n) is 1.24. The minimum Gasteiger partial charge on any atom is -0.303 e. The zero-order valence-electron chi connectivity index (χ0n) is 7.01. The molecule has 0 spiro atoms. The molecule has 0 saturated carbocycles. The SMILES string of the molecule is C#CCCC(CC#C)OP(=O)(O)O. The lowest BCUT2D eigenvalue weighted by Gasteiger charge is -2.14. The fourth-order valence-electron chi connectivity index (χ4n) is 0.762. The fourth-order valence-corrected chi connectivity index (χ4v) is 1.33. The van der Waals surface area contributed by atoms with E-state index in [1.54, 1.807) is 0 Å². The van der Waals surface area contributed by atoms with Gasteiger partial charge >= 0.3 is 7.82 Å². The maximum absolute atomic E-state index is 10.4. The van der Waals surface area contributed by atoms with Crippen molar-refractivity contribution >= 4 is 7.82 Å². The van der Waals surface area contributed by atoms with Crippen LogP contribution in [0.15, 0.2) is 0 Å². The van der Waals surface area contributed by atoms with Crippen molar-refractivity contribution in [2.75, 3.05) is 0 Å². The smallest absolute Gasteiger partial charge is 0.303 e. The summed E-state index contributed by atoms with van der Waals surface area (Å²) in [4.78, 5) is 17.0. The van der Waals surface area contributed by atoms with Gasteiger partial charge in [0.05, 0.1) is 6.10 Å². The molecule has 0 amide bonds. The van der Waals surface area contributed by atoms with Crippen LogP contribution in [0.1, 0.15) is 19.3 Å². The molecular weight excluding hydrogens is 191 g/mol. The number of terminal acetylenes is 2. The Morgan fingerprint density at radius 3 is 2.38 bits per heavy atom. The molecule has 13 heavy (non-hydrogen) atoms. The highest BCUT2D eigenvalue weighted by atomic mass is 31.2. The lowest BCUT2D eigenvalue weighted by molar-refractivity contribution is 0.131. The van der Waals surface area contributed by atoms with Gasteiger partial charge in [0.25, 0.3) is 0 Å². The van der Waals surface area contributed by atoms with E-state index in [0.29, 0.717) is 12.8 Å². The van der Waals surface area contributed by atoms with E-state index in [-0.39, 0.29) is 6.42 Å². The Morgan fingerprint density at radius 2 is 2.00 bits per heavy atom.